The van der Waals surface area contributed by atoms with Crippen molar-refractivity contribution in [1.29, 1.82) is 5.26 Å². The van der Waals surface area contributed by atoms with Crippen LogP contribution in [0.1, 0.15) is 33.6 Å². The lowest BCUT2D eigenvalue weighted by Gasteiger charge is -2.25. The molecule has 0 aromatic carbocycles. The topological polar surface area (TPSA) is 50.6 Å². The molecule has 0 aromatic heterocycles. The number of amides is 1. The molecular formula is C15H30N4O. The molecule has 0 rings (SSSR count). The van der Waals surface area contributed by atoms with Crippen molar-refractivity contribution in [2.45, 2.75) is 33.6 Å². The van der Waals surface area contributed by atoms with E-state index < -0.39 is 0 Å². The van der Waals surface area contributed by atoms with E-state index in [1.807, 2.05) is 0 Å². The van der Waals surface area contributed by atoms with Crippen LogP contribution in [0.5, 0.6) is 0 Å². The Labute approximate surface area is 124 Å². The summed E-state index contributed by atoms with van der Waals surface area (Å²) in [5, 5.41) is 8.54. The predicted molar refractivity (Wildman–Crippen MR) is 82.4 cm³/mol. The standard InChI is InChI=1S/C15H30N4O/c1-5-18(6-2)12-9-13-19(7-3)14-15(20)17(4)11-8-10-16/h5-9,11-14H2,1-4H3. The number of likely N-dealkylation sites (N-methyl/N-ethyl adjacent to an activating group) is 2. The summed E-state index contributed by atoms with van der Waals surface area (Å²) in [6, 6.07) is 2.07. The minimum absolute atomic E-state index is 0.102. The SMILES string of the molecule is CCN(CC)CCCN(CC)CC(=O)N(C)CCC#N. The van der Waals surface area contributed by atoms with Gasteiger partial charge in [-0.3, -0.25) is 9.69 Å². The second-order valence-electron chi connectivity index (χ2n) is 4.97. The van der Waals surface area contributed by atoms with E-state index in [-0.39, 0.29) is 5.91 Å². The maximum Gasteiger partial charge on any atom is 0.236 e. The third-order valence-corrected chi connectivity index (χ3v) is 3.63. The van der Waals surface area contributed by atoms with Crippen molar-refractivity contribution in [3.8, 4) is 6.07 Å². The molecule has 20 heavy (non-hydrogen) atoms. The first kappa shape index (κ1) is 18.9. The van der Waals surface area contributed by atoms with Crippen LogP contribution >= 0.6 is 0 Å². The number of nitrogens with zero attached hydrogens (tertiary/aromatic N) is 4. The van der Waals surface area contributed by atoms with Crippen molar-refractivity contribution in [1.82, 2.24) is 14.7 Å². The van der Waals surface area contributed by atoms with Crippen LogP contribution in [-0.2, 0) is 4.79 Å². The Morgan fingerprint density at radius 1 is 1.00 bits per heavy atom. The summed E-state index contributed by atoms with van der Waals surface area (Å²) in [6.45, 7) is 12.5. The van der Waals surface area contributed by atoms with Gasteiger partial charge in [-0.1, -0.05) is 20.8 Å². The molecule has 0 saturated carbocycles. The third kappa shape index (κ3) is 8.13. The van der Waals surface area contributed by atoms with E-state index in [0.717, 1.165) is 39.1 Å². The average Bonchev–Trinajstić information content (AvgIpc) is 2.47. The smallest absolute Gasteiger partial charge is 0.236 e. The summed E-state index contributed by atoms with van der Waals surface area (Å²) in [5.74, 6) is 0.102. The Bertz CT molecular complexity index is 297. The summed E-state index contributed by atoms with van der Waals surface area (Å²) in [5.41, 5.74) is 0. The highest BCUT2D eigenvalue weighted by Crippen LogP contribution is 1.98. The van der Waals surface area contributed by atoms with Crippen LogP contribution in [0.15, 0.2) is 0 Å². The van der Waals surface area contributed by atoms with Gasteiger partial charge in [0.05, 0.1) is 19.0 Å². The van der Waals surface area contributed by atoms with Gasteiger partial charge >= 0.3 is 0 Å². The fraction of sp³-hybridized carbons (Fsp3) is 0.867. The highest BCUT2D eigenvalue weighted by Gasteiger charge is 2.13. The van der Waals surface area contributed by atoms with E-state index in [1.54, 1.807) is 11.9 Å². The third-order valence-electron chi connectivity index (χ3n) is 3.63. The summed E-state index contributed by atoms with van der Waals surface area (Å²) >= 11 is 0. The van der Waals surface area contributed by atoms with Gasteiger partial charge in [0.2, 0.25) is 5.91 Å². The molecular weight excluding hydrogens is 252 g/mol. The first-order valence-corrected chi connectivity index (χ1v) is 7.64. The largest absolute Gasteiger partial charge is 0.344 e. The molecule has 0 aliphatic carbocycles. The molecule has 1 amide bonds. The van der Waals surface area contributed by atoms with Gasteiger partial charge in [0.15, 0.2) is 0 Å². The lowest BCUT2D eigenvalue weighted by molar-refractivity contribution is -0.131. The molecule has 0 saturated heterocycles. The van der Waals surface area contributed by atoms with E-state index in [4.69, 9.17) is 5.26 Å². The summed E-state index contributed by atoms with van der Waals surface area (Å²) in [6.07, 6.45) is 1.49. The van der Waals surface area contributed by atoms with Crippen LogP contribution in [0, 0.1) is 11.3 Å². The van der Waals surface area contributed by atoms with Gasteiger partial charge in [-0.2, -0.15) is 5.26 Å². The zero-order chi connectivity index (χ0) is 15.4. The molecule has 0 fully saturated rings. The molecule has 0 N–H and O–H groups in total. The van der Waals surface area contributed by atoms with Crippen LogP contribution < -0.4 is 0 Å². The van der Waals surface area contributed by atoms with Gasteiger partial charge in [-0.05, 0) is 39.1 Å². The van der Waals surface area contributed by atoms with Crippen LogP contribution in [0.3, 0.4) is 0 Å². The summed E-state index contributed by atoms with van der Waals surface area (Å²) in [4.78, 5) is 18.2. The monoisotopic (exact) mass is 282 g/mol. The predicted octanol–water partition coefficient (Wildman–Crippen LogP) is 1.41. The van der Waals surface area contributed by atoms with Gasteiger partial charge in [0.1, 0.15) is 0 Å². The Morgan fingerprint density at radius 3 is 2.05 bits per heavy atom. The molecule has 0 bridgehead atoms. The van der Waals surface area contributed by atoms with Crippen molar-refractivity contribution in [3.05, 3.63) is 0 Å². The van der Waals surface area contributed by atoms with Gasteiger partial charge < -0.3 is 9.80 Å². The van der Waals surface area contributed by atoms with Crippen LogP contribution in [-0.4, -0.2) is 73.5 Å². The summed E-state index contributed by atoms with van der Waals surface area (Å²) < 4.78 is 0. The van der Waals surface area contributed by atoms with Gasteiger partial charge in [0, 0.05) is 13.6 Å². The first-order chi connectivity index (χ1) is 9.58. The first-order valence-electron chi connectivity index (χ1n) is 7.64. The van der Waals surface area contributed by atoms with Crippen molar-refractivity contribution >= 4 is 5.91 Å². The van der Waals surface area contributed by atoms with Gasteiger partial charge in [0.25, 0.3) is 0 Å². The molecule has 116 valence electrons. The molecule has 0 aromatic rings. The molecule has 5 nitrogen and oxygen atoms in total. The molecule has 0 aliphatic heterocycles. The number of hydrogen-bond donors (Lipinski definition) is 0. The molecule has 5 heteroatoms. The highest BCUT2D eigenvalue weighted by atomic mass is 16.2. The Balaban J connectivity index is 4.02. The van der Waals surface area contributed by atoms with Crippen LogP contribution in [0.25, 0.3) is 0 Å². The zero-order valence-corrected chi connectivity index (χ0v) is 13.6. The Hall–Kier alpha value is -1.12. The maximum absolute atomic E-state index is 12.0. The van der Waals surface area contributed by atoms with Crippen molar-refractivity contribution < 1.29 is 4.79 Å². The number of carbonyl (C=O) groups is 1. The van der Waals surface area contributed by atoms with Crippen LogP contribution in [0.2, 0.25) is 0 Å². The average molecular weight is 282 g/mol. The lowest BCUT2D eigenvalue weighted by Crippen LogP contribution is -2.39. The second-order valence-corrected chi connectivity index (χ2v) is 4.97. The normalized spacial score (nSPS) is 10.8. The van der Waals surface area contributed by atoms with Crippen molar-refractivity contribution in [2.24, 2.45) is 0 Å². The molecule has 0 atom stereocenters. The second kappa shape index (κ2) is 11.7. The molecule has 0 unspecified atom stereocenters. The van der Waals surface area contributed by atoms with E-state index in [2.05, 4.69) is 36.6 Å². The minimum atomic E-state index is 0.102. The quantitative estimate of drug-likeness (QED) is 0.575. The molecule has 0 aliphatic rings. The molecule has 0 spiro atoms. The maximum atomic E-state index is 12.0. The lowest BCUT2D eigenvalue weighted by atomic mass is 10.3. The summed E-state index contributed by atoms with van der Waals surface area (Å²) in [7, 11) is 1.77. The van der Waals surface area contributed by atoms with E-state index in [9.17, 15) is 4.79 Å². The number of rotatable bonds is 11. The van der Waals surface area contributed by atoms with E-state index >= 15 is 0 Å². The molecule has 0 heterocycles. The van der Waals surface area contributed by atoms with Gasteiger partial charge in [-0.15, -0.1) is 0 Å². The Kier molecular flexibility index (Phi) is 11.0. The fourth-order valence-electron chi connectivity index (χ4n) is 2.06. The molecule has 0 radical (unpaired) electrons. The van der Waals surface area contributed by atoms with Crippen molar-refractivity contribution in [2.75, 3.05) is 52.9 Å². The Morgan fingerprint density at radius 2 is 1.55 bits per heavy atom. The van der Waals surface area contributed by atoms with Crippen LogP contribution in [0.4, 0.5) is 0 Å². The number of hydrogen-bond acceptors (Lipinski definition) is 4. The number of nitriles is 1. The zero-order valence-electron chi connectivity index (χ0n) is 13.6. The van der Waals surface area contributed by atoms with E-state index in [0.29, 0.717) is 19.5 Å². The number of carbonyl (C=O) groups excluding carboxylic acids is 1. The van der Waals surface area contributed by atoms with E-state index in [1.165, 1.54) is 0 Å². The highest BCUT2D eigenvalue weighted by molar-refractivity contribution is 5.77. The fourth-order valence-corrected chi connectivity index (χ4v) is 2.06. The minimum Gasteiger partial charge on any atom is -0.344 e. The van der Waals surface area contributed by atoms with Gasteiger partial charge in [-0.25, -0.2) is 0 Å². The van der Waals surface area contributed by atoms with Crippen molar-refractivity contribution in [3.63, 3.8) is 0 Å².